The SMILES string of the molecule is Cc1cc(C)n(C[C@@H]2CCCN2C(=O)COCCc2ccccc2)n1. The second-order valence-electron chi connectivity index (χ2n) is 6.78. The predicted octanol–water partition coefficient (Wildman–Crippen LogP) is 2.75. The lowest BCUT2D eigenvalue weighted by molar-refractivity contribution is -0.137. The summed E-state index contributed by atoms with van der Waals surface area (Å²) in [7, 11) is 0. The summed E-state index contributed by atoms with van der Waals surface area (Å²) >= 11 is 0. The Morgan fingerprint density at radius 1 is 1.28 bits per heavy atom. The Bertz CT molecular complexity index is 696. The van der Waals surface area contributed by atoms with Gasteiger partial charge in [0.2, 0.25) is 5.91 Å². The quantitative estimate of drug-likeness (QED) is 0.728. The highest BCUT2D eigenvalue weighted by Gasteiger charge is 2.29. The van der Waals surface area contributed by atoms with Crippen LogP contribution in [0.25, 0.3) is 0 Å². The third-order valence-corrected chi connectivity index (χ3v) is 4.79. The van der Waals surface area contributed by atoms with Crippen LogP contribution in [0, 0.1) is 13.8 Å². The first-order valence-electron chi connectivity index (χ1n) is 9.05. The van der Waals surface area contributed by atoms with Crippen LogP contribution in [0.1, 0.15) is 29.8 Å². The molecule has 1 aliphatic heterocycles. The third-order valence-electron chi connectivity index (χ3n) is 4.79. The molecule has 1 atom stereocenters. The van der Waals surface area contributed by atoms with E-state index in [4.69, 9.17) is 4.74 Å². The molecule has 1 aromatic heterocycles. The molecule has 2 aromatic rings. The topological polar surface area (TPSA) is 47.4 Å². The van der Waals surface area contributed by atoms with Crippen molar-refractivity contribution in [3.8, 4) is 0 Å². The lowest BCUT2D eigenvalue weighted by atomic mass is 10.2. The molecule has 1 amide bonds. The first-order valence-corrected chi connectivity index (χ1v) is 9.05. The zero-order valence-corrected chi connectivity index (χ0v) is 15.1. The van der Waals surface area contributed by atoms with Gasteiger partial charge in [0.05, 0.1) is 24.9 Å². The van der Waals surface area contributed by atoms with Gasteiger partial charge in [-0.05, 0) is 44.7 Å². The van der Waals surface area contributed by atoms with E-state index < -0.39 is 0 Å². The maximum atomic E-state index is 12.5. The Labute approximate surface area is 149 Å². The number of amides is 1. The zero-order valence-electron chi connectivity index (χ0n) is 15.1. The summed E-state index contributed by atoms with van der Waals surface area (Å²) in [6.07, 6.45) is 2.93. The summed E-state index contributed by atoms with van der Waals surface area (Å²) in [6, 6.07) is 12.5. The highest BCUT2D eigenvalue weighted by Crippen LogP contribution is 2.20. The average Bonchev–Trinajstić information content (AvgIpc) is 3.19. The van der Waals surface area contributed by atoms with Crippen LogP contribution in [0.2, 0.25) is 0 Å². The molecular formula is C20H27N3O2. The largest absolute Gasteiger partial charge is 0.371 e. The number of carbonyl (C=O) groups is 1. The van der Waals surface area contributed by atoms with Crippen LogP contribution in [-0.4, -0.2) is 46.4 Å². The normalized spacial score (nSPS) is 17.2. The molecule has 0 bridgehead atoms. The zero-order chi connectivity index (χ0) is 17.6. The van der Waals surface area contributed by atoms with Crippen LogP contribution in [0.4, 0.5) is 0 Å². The number of aryl methyl sites for hydroxylation is 2. The Hall–Kier alpha value is -2.14. The molecule has 0 radical (unpaired) electrons. The molecule has 0 unspecified atom stereocenters. The predicted molar refractivity (Wildman–Crippen MR) is 97.4 cm³/mol. The maximum absolute atomic E-state index is 12.5. The second-order valence-corrected chi connectivity index (χ2v) is 6.78. The summed E-state index contributed by atoms with van der Waals surface area (Å²) in [6.45, 7) is 6.40. The van der Waals surface area contributed by atoms with Crippen molar-refractivity contribution in [1.82, 2.24) is 14.7 Å². The number of hydrogen-bond donors (Lipinski definition) is 0. The minimum Gasteiger partial charge on any atom is -0.371 e. The third kappa shape index (κ3) is 4.69. The van der Waals surface area contributed by atoms with Crippen LogP contribution >= 0.6 is 0 Å². The molecule has 2 heterocycles. The van der Waals surface area contributed by atoms with Crippen molar-refractivity contribution in [2.45, 2.75) is 45.7 Å². The summed E-state index contributed by atoms with van der Waals surface area (Å²) in [4.78, 5) is 14.5. The monoisotopic (exact) mass is 341 g/mol. The van der Waals surface area contributed by atoms with E-state index in [1.54, 1.807) is 0 Å². The molecule has 5 nitrogen and oxygen atoms in total. The van der Waals surface area contributed by atoms with Gasteiger partial charge in [-0.1, -0.05) is 30.3 Å². The lowest BCUT2D eigenvalue weighted by Crippen LogP contribution is -2.40. The summed E-state index contributed by atoms with van der Waals surface area (Å²) in [5.41, 5.74) is 3.41. The van der Waals surface area contributed by atoms with E-state index in [1.807, 2.05) is 34.7 Å². The summed E-state index contributed by atoms with van der Waals surface area (Å²) in [5.74, 6) is 0.0945. The Kier molecular flexibility index (Phi) is 5.87. The van der Waals surface area contributed by atoms with E-state index in [-0.39, 0.29) is 18.6 Å². The molecule has 0 N–H and O–H groups in total. The number of rotatable bonds is 7. The van der Waals surface area contributed by atoms with Gasteiger partial charge in [-0.25, -0.2) is 0 Å². The van der Waals surface area contributed by atoms with Crippen LogP contribution in [0.3, 0.4) is 0 Å². The maximum Gasteiger partial charge on any atom is 0.248 e. The van der Waals surface area contributed by atoms with Crippen LogP contribution in [0.5, 0.6) is 0 Å². The van der Waals surface area contributed by atoms with Gasteiger partial charge in [0, 0.05) is 12.2 Å². The van der Waals surface area contributed by atoms with E-state index in [9.17, 15) is 4.79 Å². The molecule has 1 saturated heterocycles. The number of nitrogens with zero attached hydrogens (tertiary/aromatic N) is 3. The van der Waals surface area contributed by atoms with E-state index in [1.165, 1.54) is 5.56 Å². The second kappa shape index (κ2) is 8.30. The van der Waals surface area contributed by atoms with E-state index in [0.29, 0.717) is 6.61 Å². The van der Waals surface area contributed by atoms with Gasteiger partial charge in [-0.15, -0.1) is 0 Å². The summed E-state index contributed by atoms with van der Waals surface area (Å²) in [5, 5.41) is 4.52. The Morgan fingerprint density at radius 2 is 2.08 bits per heavy atom. The van der Waals surface area contributed by atoms with Crippen molar-refractivity contribution in [3.05, 3.63) is 53.3 Å². The molecule has 25 heavy (non-hydrogen) atoms. The van der Waals surface area contributed by atoms with Gasteiger partial charge in [0.15, 0.2) is 0 Å². The highest BCUT2D eigenvalue weighted by atomic mass is 16.5. The fourth-order valence-corrected chi connectivity index (χ4v) is 3.49. The fourth-order valence-electron chi connectivity index (χ4n) is 3.49. The van der Waals surface area contributed by atoms with Gasteiger partial charge < -0.3 is 9.64 Å². The molecule has 5 heteroatoms. The molecule has 0 spiro atoms. The Balaban J connectivity index is 1.46. The van der Waals surface area contributed by atoms with Gasteiger partial charge in [0.1, 0.15) is 6.61 Å². The van der Waals surface area contributed by atoms with Crippen LogP contribution < -0.4 is 0 Å². The first kappa shape index (κ1) is 17.7. The molecule has 0 saturated carbocycles. The first-order chi connectivity index (χ1) is 12.1. The van der Waals surface area contributed by atoms with E-state index >= 15 is 0 Å². The smallest absolute Gasteiger partial charge is 0.248 e. The van der Waals surface area contributed by atoms with Crippen LogP contribution in [0.15, 0.2) is 36.4 Å². The standard InChI is InChI=1S/C20H27N3O2/c1-16-13-17(2)23(21-16)14-19-9-6-11-22(19)20(24)15-25-12-10-18-7-4-3-5-8-18/h3-5,7-8,13,19H,6,9-12,14-15H2,1-2H3/t19-/m0/s1. The van der Waals surface area contributed by atoms with Gasteiger partial charge >= 0.3 is 0 Å². The molecule has 134 valence electrons. The summed E-state index contributed by atoms with van der Waals surface area (Å²) < 4.78 is 7.64. The molecule has 1 aliphatic rings. The number of benzene rings is 1. The molecule has 0 aliphatic carbocycles. The number of hydrogen-bond acceptors (Lipinski definition) is 3. The number of carbonyl (C=O) groups excluding carboxylic acids is 1. The van der Waals surface area contributed by atoms with E-state index in [2.05, 4.69) is 30.2 Å². The van der Waals surface area contributed by atoms with Crippen molar-refractivity contribution < 1.29 is 9.53 Å². The highest BCUT2D eigenvalue weighted by molar-refractivity contribution is 5.78. The number of likely N-dealkylation sites (tertiary alicyclic amines) is 1. The minimum atomic E-state index is 0.0945. The van der Waals surface area contributed by atoms with Crippen molar-refractivity contribution >= 4 is 5.91 Å². The molecule has 3 rings (SSSR count). The molecule has 1 aromatic carbocycles. The van der Waals surface area contributed by atoms with Crippen molar-refractivity contribution in [1.29, 1.82) is 0 Å². The van der Waals surface area contributed by atoms with Crippen molar-refractivity contribution in [3.63, 3.8) is 0 Å². The molecular weight excluding hydrogens is 314 g/mol. The average molecular weight is 341 g/mol. The number of aromatic nitrogens is 2. The lowest BCUT2D eigenvalue weighted by Gasteiger charge is -2.25. The van der Waals surface area contributed by atoms with Gasteiger partial charge in [0.25, 0.3) is 0 Å². The van der Waals surface area contributed by atoms with Gasteiger partial charge in [-0.3, -0.25) is 9.48 Å². The van der Waals surface area contributed by atoms with Crippen LogP contribution in [-0.2, 0) is 22.5 Å². The fraction of sp³-hybridized carbons (Fsp3) is 0.500. The van der Waals surface area contributed by atoms with E-state index in [0.717, 1.165) is 43.7 Å². The Morgan fingerprint density at radius 3 is 2.80 bits per heavy atom. The molecule has 1 fully saturated rings. The van der Waals surface area contributed by atoms with Gasteiger partial charge in [-0.2, -0.15) is 5.10 Å². The van der Waals surface area contributed by atoms with Crippen molar-refractivity contribution in [2.24, 2.45) is 0 Å². The van der Waals surface area contributed by atoms with Crippen molar-refractivity contribution in [2.75, 3.05) is 19.8 Å². The number of ether oxygens (including phenoxy) is 1. The minimum absolute atomic E-state index is 0.0945.